The molecule has 0 N–H and O–H groups in total. The lowest BCUT2D eigenvalue weighted by Gasteiger charge is -2.37. The highest BCUT2D eigenvalue weighted by atomic mass is 19.4. The van der Waals surface area contributed by atoms with Crippen molar-refractivity contribution in [1.82, 2.24) is 4.90 Å². The van der Waals surface area contributed by atoms with Crippen LogP contribution in [0, 0.1) is 5.92 Å². The molecular weight excluding hydrogens is 431 g/mol. The molecule has 34 heavy (non-hydrogen) atoms. The van der Waals surface area contributed by atoms with E-state index in [2.05, 4.69) is 53.5 Å². The molecule has 176 valence electrons. The van der Waals surface area contributed by atoms with E-state index in [4.69, 9.17) is 0 Å². The number of benzene rings is 3. The minimum Gasteiger partial charge on any atom is -0.300 e. The van der Waals surface area contributed by atoms with Gasteiger partial charge in [0.2, 0.25) is 0 Å². The van der Waals surface area contributed by atoms with Crippen LogP contribution in [-0.4, -0.2) is 24.5 Å². The molecule has 0 amide bonds. The highest BCUT2D eigenvalue weighted by Crippen LogP contribution is 2.44. The predicted molar refractivity (Wildman–Crippen MR) is 132 cm³/mol. The molecule has 1 unspecified atom stereocenters. The molecule has 2 aliphatic rings. The van der Waals surface area contributed by atoms with Crippen LogP contribution < -0.4 is 0 Å². The Morgan fingerprint density at radius 1 is 0.794 bits per heavy atom. The summed E-state index contributed by atoms with van der Waals surface area (Å²) in [6.45, 7) is 2.95. The second-order valence-electron chi connectivity index (χ2n) is 9.54. The average Bonchev–Trinajstić information content (AvgIpc) is 3.01. The van der Waals surface area contributed by atoms with Gasteiger partial charge in [-0.1, -0.05) is 72.8 Å². The Bertz CT molecular complexity index is 1140. The summed E-state index contributed by atoms with van der Waals surface area (Å²) in [5, 5.41) is 0. The second kappa shape index (κ2) is 9.79. The summed E-state index contributed by atoms with van der Waals surface area (Å²) in [4.78, 5) is 2.48. The molecule has 3 aromatic rings. The van der Waals surface area contributed by atoms with Gasteiger partial charge in [0.15, 0.2) is 0 Å². The maximum atomic E-state index is 13.4. The number of aryl methyl sites for hydroxylation is 2. The molecule has 1 saturated heterocycles. The van der Waals surface area contributed by atoms with Crippen molar-refractivity contribution in [2.45, 2.75) is 37.8 Å². The van der Waals surface area contributed by atoms with Crippen LogP contribution in [0.3, 0.4) is 0 Å². The smallest absolute Gasteiger partial charge is 0.300 e. The molecule has 0 bridgehead atoms. The molecule has 0 aromatic heterocycles. The lowest BCUT2D eigenvalue weighted by Crippen LogP contribution is -2.36. The number of piperidine rings is 1. The van der Waals surface area contributed by atoms with Crippen molar-refractivity contribution in [2.75, 3.05) is 19.6 Å². The van der Waals surface area contributed by atoms with Gasteiger partial charge in [0, 0.05) is 12.5 Å². The van der Waals surface area contributed by atoms with Crippen molar-refractivity contribution < 1.29 is 13.2 Å². The van der Waals surface area contributed by atoms with E-state index in [0.717, 1.165) is 50.0 Å². The third-order valence-electron chi connectivity index (χ3n) is 7.44. The van der Waals surface area contributed by atoms with Crippen LogP contribution in [0.25, 0.3) is 6.08 Å². The van der Waals surface area contributed by atoms with Gasteiger partial charge in [0.1, 0.15) is 0 Å². The quantitative estimate of drug-likeness (QED) is 0.392. The maximum Gasteiger partial charge on any atom is 0.416 e. The van der Waals surface area contributed by atoms with Crippen LogP contribution in [0.15, 0.2) is 78.9 Å². The summed E-state index contributed by atoms with van der Waals surface area (Å²) < 4.78 is 40.2. The first-order valence-corrected chi connectivity index (χ1v) is 12.2. The van der Waals surface area contributed by atoms with Crippen molar-refractivity contribution >= 4 is 6.08 Å². The van der Waals surface area contributed by atoms with E-state index < -0.39 is 11.7 Å². The van der Waals surface area contributed by atoms with Gasteiger partial charge in [0.25, 0.3) is 0 Å². The van der Waals surface area contributed by atoms with Crippen LogP contribution in [-0.2, 0) is 19.0 Å². The van der Waals surface area contributed by atoms with E-state index in [0.29, 0.717) is 12.3 Å². The zero-order chi connectivity index (χ0) is 23.5. The van der Waals surface area contributed by atoms with Crippen LogP contribution in [0.5, 0.6) is 0 Å². The summed E-state index contributed by atoms with van der Waals surface area (Å²) >= 11 is 0. The highest BCUT2D eigenvalue weighted by molar-refractivity contribution is 5.49. The molecule has 0 radical (unpaired) electrons. The third kappa shape index (κ3) is 4.97. The van der Waals surface area contributed by atoms with Crippen molar-refractivity contribution in [3.8, 4) is 0 Å². The molecule has 3 aromatic carbocycles. The van der Waals surface area contributed by atoms with Gasteiger partial charge in [-0.2, -0.15) is 13.2 Å². The van der Waals surface area contributed by atoms with Crippen LogP contribution in [0.4, 0.5) is 13.2 Å². The Morgan fingerprint density at radius 2 is 1.47 bits per heavy atom. The summed E-state index contributed by atoms with van der Waals surface area (Å²) in [5.41, 5.74) is 5.23. The van der Waals surface area contributed by atoms with Crippen LogP contribution in [0.1, 0.15) is 52.1 Å². The van der Waals surface area contributed by atoms with Crippen molar-refractivity contribution in [3.05, 3.63) is 112 Å². The monoisotopic (exact) mass is 461 g/mol. The summed E-state index contributed by atoms with van der Waals surface area (Å²) in [6, 6.07) is 23.2. The van der Waals surface area contributed by atoms with Gasteiger partial charge in [-0.25, -0.2) is 0 Å². The molecule has 0 spiro atoms. The molecule has 1 aliphatic carbocycles. The SMILES string of the molecule is FC(F)(F)c1ccc2c(c1)CCc1ccccc1C2C1CCN(CC=Cc2ccccc2)CC1. The van der Waals surface area contributed by atoms with Gasteiger partial charge >= 0.3 is 6.18 Å². The summed E-state index contributed by atoms with van der Waals surface area (Å²) in [5.74, 6) is 0.599. The van der Waals surface area contributed by atoms with Crippen LogP contribution in [0.2, 0.25) is 0 Å². The molecular formula is C30H30F3N. The number of halogens is 3. The number of hydrogen-bond acceptors (Lipinski definition) is 1. The number of hydrogen-bond donors (Lipinski definition) is 0. The number of rotatable bonds is 4. The third-order valence-corrected chi connectivity index (χ3v) is 7.44. The fourth-order valence-corrected chi connectivity index (χ4v) is 5.68. The highest BCUT2D eigenvalue weighted by Gasteiger charge is 2.35. The molecule has 1 nitrogen and oxygen atoms in total. The van der Waals surface area contributed by atoms with Gasteiger partial charge in [-0.3, -0.25) is 4.90 Å². The molecule has 1 aliphatic heterocycles. The van der Waals surface area contributed by atoms with Gasteiger partial charge < -0.3 is 0 Å². The minimum absolute atomic E-state index is 0.165. The first kappa shape index (κ1) is 22.9. The topological polar surface area (TPSA) is 3.24 Å². The van der Waals surface area contributed by atoms with E-state index in [1.807, 2.05) is 18.2 Å². The van der Waals surface area contributed by atoms with Gasteiger partial charge in [0.05, 0.1) is 5.56 Å². The largest absolute Gasteiger partial charge is 0.416 e. The van der Waals surface area contributed by atoms with E-state index in [9.17, 15) is 13.2 Å². The Hall–Kier alpha value is -2.85. The van der Waals surface area contributed by atoms with E-state index in [1.165, 1.54) is 28.8 Å². The van der Waals surface area contributed by atoms with E-state index in [1.54, 1.807) is 6.07 Å². The number of alkyl halides is 3. The Morgan fingerprint density at radius 3 is 2.24 bits per heavy atom. The molecule has 0 saturated carbocycles. The van der Waals surface area contributed by atoms with Crippen molar-refractivity contribution in [1.29, 1.82) is 0 Å². The predicted octanol–water partition coefficient (Wildman–Crippen LogP) is 7.36. The van der Waals surface area contributed by atoms with Crippen molar-refractivity contribution in [3.63, 3.8) is 0 Å². The minimum atomic E-state index is -4.30. The maximum absolute atomic E-state index is 13.4. The molecule has 5 rings (SSSR count). The first-order valence-electron chi connectivity index (χ1n) is 12.2. The summed E-state index contributed by atoms with van der Waals surface area (Å²) in [7, 11) is 0. The Kier molecular flexibility index (Phi) is 6.60. The van der Waals surface area contributed by atoms with Gasteiger partial charge in [-0.15, -0.1) is 0 Å². The molecule has 1 fully saturated rings. The molecule has 1 heterocycles. The fourth-order valence-electron chi connectivity index (χ4n) is 5.68. The van der Waals surface area contributed by atoms with E-state index in [-0.39, 0.29) is 5.92 Å². The fraction of sp³-hybridized carbons (Fsp3) is 0.333. The number of fused-ring (bicyclic) bond motifs is 2. The first-order chi connectivity index (χ1) is 16.5. The lowest BCUT2D eigenvalue weighted by atomic mass is 9.74. The normalized spacial score (nSPS) is 19.6. The number of nitrogens with zero attached hydrogens (tertiary/aromatic N) is 1. The standard InChI is InChI=1S/C30H30F3N/c31-30(32,33)26-14-15-28-25(21-26)13-12-23-10-4-5-11-27(23)29(28)24-16-19-34(20-17-24)18-6-9-22-7-2-1-3-8-22/h1-11,14-15,21,24,29H,12-13,16-20H2. The number of likely N-dealkylation sites (tertiary alicyclic amines) is 1. The zero-order valence-electron chi connectivity index (χ0n) is 19.3. The molecule has 1 atom stereocenters. The second-order valence-corrected chi connectivity index (χ2v) is 9.54. The van der Waals surface area contributed by atoms with E-state index >= 15 is 0 Å². The van der Waals surface area contributed by atoms with Gasteiger partial charge in [-0.05, 0) is 84.6 Å². The average molecular weight is 462 g/mol. The summed E-state index contributed by atoms with van der Waals surface area (Å²) in [6.07, 6.45) is 3.66. The Labute approximate surface area is 199 Å². The Balaban J connectivity index is 1.35. The van der Waals surface area contributed by atoms with Crippen molar-refractivity contribution in [2.24, 2.45) is 5.92 Å². The zero-order valence-corrected chi connectivity index (χ0v) is 19.3. The molecule has 4 heteroatoms. The lowest BCUT2D eigenvalue weighted by molar-refractivity contribution is -0.137. The van der Waals surface area contributed by atoms with Crippen LogP contribution >= 0.6 is 0 Å².